The number of rotatable bonds is 7. The zero-order chi connectivity index (χ0) is 13.4. The summed E-state index contributed by atoms with van der Waals surface area (Å²) in [5.41, 5.74) is 6.95. The van der Waals surface area contributed by atoms with Crippen LogP contribution in [0.3, 0.4) is 0 Å². The van der Waals surface area contributed by atoms with Crippen LogP contribution < -0.4 is 15.8 Å². The fraction of sp³-hybridized carbons (Fsp3) is 0.462. The number of ether oxygens (including phenoxy) is 1. The maximum atomic E-state index is 11.6. The Morgan fingerprint density at radius 3 is 2.83 bits per heavy atom. The Labute approximate surface area is 112 Å². The maximum Gasteiger partial charge on any atom is 0.224 e. The number of amides is 1. The Kier molecular flexibility index (Phi) is 6.36. The number of benzene rings is 1. The molecule has 4 nitrogen and oxygen atoms in total. The number of hydrogen-bond donors (Lipinski definition) is 2. The van der Waals surface area contributed by atoms with E-state index in [1.165, 1.54) is 0 Å². The fourth-order valence-electron chi connectivity index (χ4n) is 1.57. The number of nitrogens with one attached hydrogen (secondary N) is 1. The largest absolute Gasteiger partial charge is 0.495 e. The number of unbranched alkanes of at least 4 members (excludes halogenated alkanes) is 2. The van der Waals surface area contributed by atoms with Gasteiger partial charge in [-0.15, -0.1) is 11.6 Å². The highest BCUT2D eigenvalue weighted by molar-refractivity contribution is 6.17. The molecule has 0 saturated heterocycles. The van der Waals surface area contributed by atoms with Gasteiger partial charge in [-0.2, -0.15) is 0 Å². The summed E-state index contributed by atoms with van der Waals surface area (Å²) in [6.07, 6.45) is 3.28. The molecule has 1 amide bonds. The molecule has 0 bridgehead atoms. The van der Waals surface area contributed by atoms with Crippen LogP contribution in [0.25, 0.3) is 0 Å². The summed E-state index contributed by atoms with van der Waals surface area (Å²) in [5.74, 6) is 1.21. The molecule has 1 aromatic carbocycles. The second kappa shape index (κ2) is 7.82. The third-order valence-corrected chi connectivity index (χ3v) is 2.82. The van der Waals surface area contributed by atoms with Gasteiger partial charge < -0.3 is 15.8 Å². The standard InChI is InChI=1S/C13H19ClN2O2/c1-18-12-9-10(6-7-11(12)15)16-13(17)5-3-2-4-8-14/h6-7,9H,2-5,8,15H2,1H3,(H,16,17). The molecule has 0 aliphatic rings. The minimum Gasteiger partial charge on any atom is -0.495 e. The van der Waals surface area contributed by atoms with E-state index in [1.807, 2.05) is 0 Å². The molecular formula is C13H19ClN2O2. The third-order valence-electron chi connectivity index (χ3n) is 2.55. The third kappa shape index (κ3) is 4.84. The molecule has 3 N–H and O–H groups in total. The number of hydrogen-bond acceptors (Lipinski definition) is 3. The van der Waals surface area contributed by atoms with E-state index >= 15 is 0 Å². The minimum absolute atomic E-state index is 0.00334. The Hall–Kier alpha value is -1.42. The summed E-state index contributed by atoms with van der Waals surface area (Å²) in [4.78, 5) is 11.6. The van der Waals surface area contributed by atoms with Crippen molar-refractivity contribution >= 4 is 28.9 Å². The van der Waals surface area contributed by atoms with Gasteiger partial charge in [-0.1, -0.05) is 6.42 Å². The van der Waals surface area contributed by atoms with Crippen LogP contribution in [0.15, 0.2) is 18.2 Å². The zero-order valence-corrected chi connectivity index (χ0v) is 11.3. The van der Waals surface area contributed by atoms with Gasteiger partial charge in [0.05, 0.1) is 12.8 Å². The molecule has 1 rings (SSSR count). The van der Waals surface area contributed by atoms with Crippen LogP contribution in [0.5, 0.6) is 5.75 Å². The van der Waals surface area contributed by atoms with Crippen molar-refractivity contribution in [2.24, 2.45) is 0 Å². The van der Waals surface area contributed by atoms with Gasteiger partial charge >= 0.3 is 0 Å². The van der Waals surface area contributed by atoms with E-state index in [1.54, 1.807) is 25.3 Å². The highest BCUT2D eigenvalue weighted by Crippen LogP contribution is 2.25. The van der Waals surface area contributed by atoms with E-state index in [2.05, 4.69) is 5.32 Å². The van der Waals surface area contributed by atoms with Gasteiger partial charge in [-0.3, -0.25) is 4.79 Å². The molecule has 100 valence electrons. The number of methoxy groups -OCH3 is 1. The second-order valence-electron chi connectivity index (χ2n) is 4.00. The van der Waals surface area contributed by atoms with Gasteiger partial charge in [0.1, 0.15) is 5.75 Å². The molecule has 0 unspecified atom stereocenters. The molecule has 0 radical (unpaired) electrons. The first-order valence-electron chi connectivity index (χ1n) is 5.96. The summed E-state index contributed by atoms with van der Waals surface area (Å²) < 4.78 is 5.09. The van der Waals surface area contributed by atoms with E-state index in [9.17, 15) is 4.79 Å². The first-order chi connectivity index (χ1) is 8.67. The maximum absolute atomic E-state index is 11.6. The summed E-state index contributed by atoms with van der Waals surface area (Å²) >= 11 is 5.57. The van der Waals surface area contributed by atoms with Crippen LogP contribution in [0, 0.1) is 0 Å². The lowest BCUT2D eigenvalue weighted by atomic mass is 10.2. The van der Waals surface area contributed by atoms with Crippen molar-refractivity contribution in [2.75, 3.05) is 24.0 Å². The lowest BCUT2D eigenvalue weighted by Gasteiger charge is -2.09. The van der Waals surface area contributed by atoms with Crippen molar-refractivity contribution in [3.63, 3.8) is 0 Å². The number of halogens is 1. The molecule has 0 saturated carbocycles. The molecule has 0 aliphatic heterocycles. The van der Waals surface area contributed by atoms with Gasteiger partial charge in [0.25, 0.3) is 0 Å². The van der Waals surface area contributed by atoms with Crippen LogP contribution >= 0.6 is 11.6 Å². The van der Waals surface area contributed by atoms with E-state index in [0.717, 1.165) is 19.3 Å². The predicted molar refractivity (Wildman–Crippen MR) is 75.2 cm³/mol. The highest BCUT2D eigenvalue weighted by atomic mass is 35.5. The summed E-state index contributed by atoms with van der Waals surface area (Å²) in [6, 6.07) is 5.18. The van der Waals surface area contributed by atoms with Gasteiger partial charge in [0.2, 0.25) is 5.91 Å². The van der Waals surface area contributed by atoms with Crippen molar-refractivity contribution in [3.8, 4) is 5.75 Å². The molecular weight excluding hydrogens is 252 g/mol. The number of nitrogen functional groups attached to an aromatic ring is 1. The molecule has 0 spiro atoms. The lowest BCUT2D eigenvalue weighted by molar-refractivity contribution is -0.116. The molecule has 5 heteroatoms. The molecule has 0 fully saturated rings. The first kappa shape index (κ1) is 14.6. The molecule has 1 aromatic rings. The summed E-state index contributed by atoms with van der Waals surface area (Å²) in [5, 5.41) is 2.81. The van der Waals surface area contributed by atoms with Crippen molar-refractivity contribution in [3.05, 3.63) is 18.2 Å². The number of alkyl halides is 1. The fourth-order valence-corrected chi connectivity index (χ4v) is 1.76. The predicted octanol–water partition coefficient (Wildman–Crippen LogP) is 3.02. The van der Waals surface area contributed by atoms with Gasteiger partial charge in [0, 0.05) is 24.1 Å². The Bertz CT molecular complexity index is 397. The average molecular weight is 271 g/mol. The molecule has 0 aromatic heterocycles. The summed E-state index contributed by atoms with van der Waals surface area (Å²) in [6.45, 7) is 0. The lowest BCUT2D eigenvalue weighted by Crippen LogP contribution is -2.11. The monoisotopic (exact) mass is 270 g/mol. The second-order valence-corrected chi connectivity index (χ2v) is 4.38. The van der Waals surface area contributed by atoms with Crippen LogP contribution in [0.4, 0.5) is 11.4 Å². The van der Waals surface area contributed by atoms with Crippen LogP contribution in [0.2, 0.25) is 0 Å². The van der Waals surface area contributed by atoms with Crippen molar-refractivity contribution in [1.29, 1.82) is 0 Å². The van der Waals surface area contributed by atoms with E-state index < -0.39 is 0 Å². The smallest absolute Gasteiger partial charge is 0.224 e. The zero-order valence-electron chi connectivity index (χ0n) is 10.5. The number of carbonyl (C=O) groups is 1. The van der Waals surface area contributed by atoms with Gasteiger partial charge in [-0.25, -0.2) is 0 Å². The first-order valence-corrected chi connectivity index (χ1v) is 6.50. The van der Waals surface area contributed by atoms with Crippen molar-refractivity contribution in [2.45, 2.75) is 25.7 Å². The topological polar surface area (TPSA) is 64.3 Å². The van der Waals surface area contributed by atoms with Crippen LogP contribution in [0.1, 0.15) is 25.7 Å². The average Bonchev–Trinajstić information content (AvgIpc) is 2.37. The van der Waals surface area contributed by atoms with Crippen LogP contribution in [-0.2, 0) is 4.79 Å². The Morgan fingerprint density at radius 1 is 1.39 bits per heavy atom. The number of carbonyl (C=O) groups excluding carboxylic acids is 1. The Morgan fingerprint density at radius 2 is 2.17 bits per heavy atom. The van der Waals surface area contributed by atoms with Gasteiger partial charge in [-0.05, 0) is 25.0 Å². The SMILES string of the molecule is COc1cc(NC(=O)CCCCCCl)ccc1N. The molecule has 18 heavy (non-hydrogen) atoms. The van der Waals surface area contributed by atoms with Crippen molar-refractivity contribution < 1.29 is 9.53 Å². The van der Waals surface area contributed by atoms with Gasteiger partial charge in [0.15, 0.2) is 0 Å². The number of nitrogens with two attached hydrogens (primary N) is 1. The normalized spacial score (nSPS) is 10.1. The summed E-state index contributed by atoms with van der Waals surface area (Å²) in [7, 11) is 1.55. The van der Waals surface area contributed by atoms with E-state index in [4.69, 9.17) is 22.1 Å². The van der Waals surface area contributed by atoms with E-state index in [0.29, 0.717) is 29.4 Å². The molecule has 0 aliphatic carbocycles. The highest BCUT2D eigenvalue weighted by Gasteiger charge is 2.05. The van der Waals surface area contributed by atoms with E-state index in [-0.39, 0.29) is 5.91 Å². The molecule has 0 atom stereocenters. The van der Waals surface area contributed by atoms with Crippen molar-refractivity contribution in [1.82, 2.24) is 0 Å². The number of anilines is 2. The Balaban J connectivity index is 2.44. The quantitative estimate of drug-likeness (QED) is 0.455. The minimum atomic E-state index is -0.00334. The van der Waals surface area contributed by atoms with Crippen LogP contribution in [-0.4, -0.2) is 18.9 Å². The molecule has 0 heterocycles.